The number of nitrogens with zero attached hydrogens (tertiary/aromatic N) is 1. The summed E-state index contributed by atoms with van der Waals surface area (Å²) in [4.78, 5) is 2.64. The van der Waals surface area contributed by atoms with Crippen LogP contribution in [0.1, 0.15) is 43.2 Å². The summed E-state index contributed by atoms with van der Waals surface area (Å²) in [5, 5.41) is 0. The van der Waals surface area contributed by atoms with Crippen molar-refractivity contribution < 1.29 is 0 Å². The Morgan fingerprint density at radius 2 is 1.27 bits per heavy atom. The molecule has 114 valence electrons. The molecule has 0 atom stereocenters. The van der Waals surface area contributed by atoms with Crippen LogP contribution in [0.2, 0.25) is 0 Å². The Labute approximate surface area is 135 Å². The van der Waals surface area contributed by atoms with Crippen molar-refractivity contribution in [2.24, 2.45) is 0 Å². The van der Waals surface area contributed by atoms with E-state index in [4.69, 9.17) is 0 Å². The van der Waals surface area contributed by atoms with Gasteiger partial charge in [-0.05, 0) is 75.3 Å². The normalized spacial score (nSPS) is 15.6. The smallest absolute Gasteiger partial charge is 0.0756 e. The highest BCUT2D eigenvalue weighted by Crippen LogP contribution is 2.28. The van der Waals surface area contributed by atoms with Crippen LogP contribution < -0.4 is 0 Å². The van der Waals surface area contributed by atoms with Crippen molar-refractivity contribution in [1.82, 2.24) is 4.90 Å². The van der Waals surface area contributed by atoms with E-state index in [0.717, 1.165) is 6.42 Å². The number of hydrogen-bond acceptors (Lipinski definition) is 1. The van der Waals surface area contributed by atoms with Gasteiger partial charge in [-0.2, -0.15) is 0 Å². The van der Waals surface area contributed by atoms with Crippen LogP contribution in [0, 0.1) is 5.92 Å². The lowest BCUT2D eigenvalue weighted by atomic mass is 9.87. The molecular weight excluding hydrogens is 266 g/mol. The van der Waals surface area contributed by atoms with Crippen LogP contribution >= 0.6 is 0 Å². The van der Waals surface area contributed by atoms with Gasteiger partial charge in [0.25, 0.3) is 0 Å². The van der Waals surface area contributed by atoms with Gasteiger partial charge in [-0.15, -0.1) is 0 Å². The van der Waals surface area contributed by atoms with Crippen LogP contribution in [-0.2, 0) is 0 Å². The van der Waals surface area contributed by atoms with Crippen LogP contribution in [0.5, 0.6) is 0 Å². The number of piperidine rings is 1. The third-order valence-electron chi connectivity index (χ3n) is 4.59. The molecule has 0 aromatic heterocycles. The molecule has 0 aliphatic carbocycles. The van der Waals surface area contributed by atoms with Gasteiger partial charge >= 0.3 is 0 Å². The first-order valence-electron chi connectivity index (χ1n) is 8.62. The maximum absolute atomic E-state index is 2.64. The molecule has 0 saturated carbocycles. The van der Waals surface area contributed by atoms with Crippen molar-refractivity contribution in [3.05, 3.63) is 77.7 Å². The third-order valence-corrected chi connectivity index (χ3v) is 4.59. The number of benzene rings is 2. The fraction of sp³-hybridized carbons (Fsp3) is 0.381. The van der Waals surface area contributed by atoms with Crippen LogP contribution in [0.3, 0.4) is 0 Å². The fourth-order valence-electron chi connectivity index (χ4n) is 3.40. The van der Waals surface area contributed by atoms with E-state index in [1.165, 1.54) is 62.4 Å². The first kappa shape index (κ1) is 15.2. The van der Waals surface area contributed by atoms with Crippen LogP contribution in [0.25, 0.3) is 0 Å². The molecule has 0 radical (unpaired) electrons. The van der Waals surface area contributed by atoms with Crippen molar-refractivity contribution in [3.8, 4) is 0 Å². The molecule has 1 saturated heterocycles. The first-order chi connectivity index (χ1) is 10.9. The molecule has 0 spiro atoms. The zero-order valence-corrected chi connectivity index (χ0v) is 13.4. The first-order valence-corrected chi connectivity index (χ1v) is 8.62. The van der Waals surface area contributed by atoms with Gasteiger partial charge in [-0.1, -0.05) is 6.42 Å². The Kier molecular flexibility index (Phi) is 5.55. The second kappa shape index (κ2) is 8.05. The maximum atomic E-state index is 2.64. The van der Waals surface area contributed by atoms with E-state index in [2.05, 4.69) is 65.6 Å². The predicted octanol–water partition coefficient (Wildman–Crippen LogP) is 4.92. The van der Waals surface area contributed by atoms with Crippen molar-refractivity contribution in [2.75, 3.05) is 19.6 Å². The van der Waals surface area contributed by atoms with Gasteiger partial charge in [0.05, 0.1) is 11.1 Å². The van der Waals surface area contributed by atoms with Gasteiger partial charge < -0.3 is 4.90 Å². The summed E-state index contributed by atoms with van der Waals surface area (Å²) in [6, 6.07) is 21.7. The van der Waals surface area contributed by atoms with Crippen LogP contribution in [-0.4, -0.2) is 24.5 Å². The van der Waals surface area contributed by atoms with Crippen LogP contribution in [0.15, 0.2) is 60.7 Å². The second-order valence-corrected chi connectivity index (χ2v) is 6.22. The fourth-order valence-corrected chi connectivity index (χ4v) is 3.40. The summed E-state index contributed by atoms with van der Waals surface area (Å²) in [6.45, 7) is 3.83. The van der Waals surface area contributed by atoms with Crippen LogP contribution in [0.4, 0.5) is 0 Å². The summed E-state index contributed by atoms with van der Waals surface area (Å²) in [7, 11) is 0. The molecule has 0 N–H and O–H groups in total. The number of hydrogen-bond donors (Lipinski definition) is 0. The molecule has 2 aromatic rings. The molecule has 0 unspecified atom stereocenters. The van der Waals surface area contributed by atoms with E-state index in [1.807, 2.05) is 0 Å². The van der Waals surface area contributed by atoms with Gasteiger partial charge in [0.1, 0.15) is 0 Å². The lowest BCUT2D eigenvalue weighted by Crippen LogP contribution is -2.30. The van der Waals surface area contributed by atoms with Gasteiger partial charge in [-0.3, -0.25) is 0 Å². The molecule has 3 rings (SSSR count). The minimum absolute atomic E-state index is 1.16. The molecule has 1 nitrogen and oxygen atoms in total. The standard InChI is InChI=1S/C21H26N/c1-4-11-19(12-5-1)21(20-13-6-2-7-14-20)15-10-18-22-16-8-3-9-17-22/h1-2,4-7,11-14H,3,8-10,15-18H2/q+1. The Morgan fingerprint density at radius 3 is 1.82 bits per heavy atom. The van der Waals surface area contributed by atoms with E-state index >= 15 is 0 Å². The summed E-state index contributed by atoms with van der Waals surface area (Å²) in [5.74, 6) is 1.48. The van der Waals surface area contributed by atoms with Gasteiger partial charge in [0.2, 0.25) is 0 Å². The van der Waals surface area contributed by atoms with Gasteiger partial charge in [0, 0.05) is 36.6 Å². The monoisotopic (exact) mass is 292 g/mol. The molecule has 1 aliphatic rings. The highest BCUT2D eigenvalue weighted by atomic mass is 15.1. The van der Waals surface area contributed by atoms with Crippen molar-refractivity contribution in [3.63, 3.8) is 0 Å². The quantitative estimate of drug-likeness (QED) is 0.683. The van der Waals surface area contributed by atoms with Crippen molar-refractivity contribution in [1.29, 1.82) is 0 Å². The van der Waals surface area contributed by atoms with Gasteiger partial charge in [0.15, 0.2) is 0 Å². The maximum Gasteiger partial charge on any atom is 0.0756 e. The lowest BCUT2D eigenvalue weighted by molar-refractivity contribution is 0.226. The van der Waals surface area contributed by atoms with E-state index in [-0.39, 0.29) is 0 Å². The second-order valence-electron chi connectivity index (χ2n) is 6.22. The number of rotatable bonds is 6. The van der Waals surface area contributed by atoms with Crippen molar-refractivity contribution >= 4 is 0 Å². The average Bonchev–Trinajstić information content (AvgIpc) is 2.61. The summed E-state index contributed by atoms with van der Waals surface area (Å²) < 4.78 is 0. The topological polar surface area (TPSA) is 3.24 Å². The molecule has 1 aliphatic heterocycles. The highest BCUT2D eigenvalue weighted by molar-refractivity contribution is 5.45. The largest absolute Gasteiger partial charge is 0.303 e. The minimum atomic E-state index is 1.16. The van der Waals surface area contributed by atoms with Crippen molar-refractivity contribution in [2.45, 2.75) is 32.1 Å². The van der Waals surface area contributed by atoms with E-state index in [0.29, 0.717) is 0 Å². The summed E-state index contributed by atoms with van der Waals surface area (Å²) in [5.41, 5.74) is 2.74. The average molecular weight is 292 g/mol. The van der Waals surface area contributed by atoms with E-state index in [9.17, 15) is 0 Å². The Balaban J connectivity index is 1.64. The Hall–Kier alpha value is -1.73. The summed E-state index contributed by atoms with van der Waals surface area (Å²) >= 11 is 0. The number of likely N-dealkylation sites (tertiary alicyclic amines) is 1. The molecule has 1 fully saturated rings. The Bertz CT molecular complexity index is 489. The zero-order chi connectivity index (χ0) is 15.0. The summed E-state index contributed by atoms with van der Waals surface area (Å²) in [6.07, 6.45) is 6.59. The minimum Gasteiger partial charge on any atom is -0.303 e. The highest BCUT2D eigenvalue weighted by Gasteiger charge is 2.20. The predicted molar refractivity (Wildman–Crippen MR) is 93.9 cm³/mol. The van der Waals surface area contributed by atoms with E-state index < -0.39 is 0 Å². The molecule has 2 aromatic carbocycles. The molecule has 0 bridgehead atoms. The molecule has 1 heterocycles. The lowest BCUT2D eigenvalue weighted by Gasteiger charge is -2.26. The molecular formula is C21H26N+. The third kappa shape index (κ3) is 4.14. The molecule has 22 heavy (non-hydrogen) atoms. The zero-order valence-electron chi connectivity index (χ0n) is 13.4. The van der Waals surface area contributed by atoms with Gasteiger partial charge in [-0.25, -0.2) is 0 Å². The molecule has 1 heteroatoms. The Morgan fingerprint density at radius 1 is 0.727 bits per heavy atom. The SMILES string of the molecule is c1ccc([C+](CCCN2CCCCC2)c2ccccc2)cc1. The molecule has 0 amide bonds. The van der Waals surface area contributed by atoms with E-state index in [1.54, 1.807) is 0 Å².